The van der Waals surface area contributed by atoms with Crippen LogP contribution >= 0.6 is 0 Å². The van der Waals surface area contributed by atoms with Crippen LogP contribution in [-0.2, 0) is 6.42 Å². The van der Waals surface area contributed by atoms with Gasteiger partial charge in [-0.2, -0.15) is 0 Å². The summed E-state index contributed by atoms with van der Waals surface area (Å²) in [4.78, 5) is 20.7. The first-order valence-corrected chi connectivity index (χ1v) is 8.90. The normalized spacial score (nSPS) is 10.3. The van der Waals surface area contributed by atoms with Gasteiger partial charge in [0.2, 0.25) is 0 Å². The van der Waals surface area contributed by atoms with Crippen molar-refractivity contribution in [1.29, 1.82) is 0 Å². The maximum Gasteiger partial charge on any atom is 0.275 e. The monoisotopic (exact) mass is 362 g/mol. The fraction of sp³-hybridized carbons (Fsp3) is 0.190. The lowest BCUT2D eigenvalue weighted by atomic mass is 10.1. The van der Waals surface area contributed by atoms with Gasteiger partial charge < -0.3 is 15.4 Å². The third-order valence-electron chi connectivity index (χ3n) is 3.94. The number of aromatic nitrogens is 2. The summed E-state index contributed by atoms with van der Waals surface area (Å²) in [6, 6.07) is 15.3. The molecule has 6 heteroatoms. The molecule has 2 aromatic carbocycles. The average Bonchev–Trinajstić information content (AvgIpc) is 2.71. The van der Waals surface area contributed by atoms with Crippen LogP contribution in [-0.4, -0.2) is 22.5 Å². The van der Waals surface area contributed by atoms with E-state index in [2.05, 4.69) is 27.5 Å². The van der Waals surface area contributed by atoms with Gasteiger partial charge in [-0.3, -0.25) is 4.79 Å². The van der Waals surface area contributed by atoms with Gasteiger partial charge in [0.05, 0.1) is 19.0 Å². The Morgan fingerprint density at radius 2 is 1.63 bits per heavy atom. The molecular formula is C21H22N4O2. The second-order valence-corrected chi connectivity index (χ2v) is 5.87. The molecule has 138 valence electrons. The van der Waals surface area contributed by atoms with E-state index in [4.69, 9.17) is 4.74 Å². The zero-order valence-electron chi connectivity index (χ0n) is 15.4. The van der Waals surface area contributed by atoms with Crippen LogP contribution in [0.1, 0.15) is 29.9 Å². The van der Waals surface area contributed by atoms with E-state index in [1.54, 1.807) is 0 Å². The molecule has 0 aliphatic rings. The third-order valence-corrected chi connectivity index (χ3v) is 3.94. The van der Waals surface area contributed by atoms with E-state index < -0.39 is 0 Å². The smallest absolute Gasteiger partial charge is 0.275 e. The van der Waals surface area contributed by atoms with Crippen LogP contribution in [0.4, 0.5) is 17.2 Å². The Morgan fingerprint density at radius 1 is 0.926 bits per heavy atom. The number of carbonyl (C=O) groups is 1. The number of anilines is 3. The van der Waals surface area contributed by atoms with Gasteiger partial charge in [-0.25, -0.2) is 9.97 Å². The molecule has 0 aliphatic heterocycles. The molecule has 6 nitrogen and oxygen atoms in total. The lowest BCUT2D eigenvalue weighted by molar-refractivity contribution is 0.102. The number of nitrogens with zero attached hydrogens (tertiary/aromatic N) is 2. The lowest BCUT2D eigenvalue weighted by Gasteiger charge is -2.08. The van der Waals surface area contributed by atoms with E-state index in [0.29, 0.717) is 12.4 Å². The molecule has 3 aromatic rings. The Kier molecular flexibility index (Phi) is 5.99. The highest BCUT2D eigenvalue weighted by Crippen LogP contribution is 2.19. The SMILES string of the molecule is CCOc1ccc(Nc2cnc(C(=O)Nc3ccc(CC)cc3)cn2)cc1. The topological polar surface area (TPSA) is 76.1 Å². The molecule has 1 aromatic heterocycles. The van der Waals surface area contributed by atoms with Crippen LogP contribution in [0.15, 0.2) is 60.9 Å². The minimum absolute atomic E-state index is 0.256. The van der Waals surface area contributed by atoms with Crippen molar-refractivity contribution in [2.45, 2.75) is 20.3 Å². The molecule has 0 spiro atoms. The Labute approximate surface area is 158 Å². The molecule has 0 unspecified atom stereocenters. The molecular weight excluding hydrogens is 340 g/mol. The summed E-state index contributed by atoms with van der Waals surface area (Å²) >= 11 is 0. The van der Waals surface area contributed by atoms with E-state index >= 15 is 0 Å². The molecule has 27 heavy (non-hydrogen) atoms. The van der Waals surface area contributed by atoms with Crippen LogP contribution in [0.5, 0.6) is 5.75 Å². The first kappa shape index (κ1) is 18.4. The van der Waals surface area contributed by atoms with Gasteiger partial charge in [0.1, 0.15) is 17.3 Å². The van der Waals surface area contributed by atoms with Gasteiger partial charge in [-0.1, -0.05) is 19.1 Å². The Morgan fingerprint density at radius 3 is 2.22 bits per heavy atom. The first-order chi connectivity index (χ1) is 13.2. The Hall–Kier alpha value is -3.41. The third kappa shape index (κ3) is 5.04. The number of rotatable bonds is 7. The Bertz CT molecular complexity index is 876. The number of nitrogens with one attached hydrogen (secondary N) is 2. The number of hydrogen-bond donors (Lipinski definition) is 2. The summed E-state index contributed by atoms with van der Waals surface area (Å²) in [5, 5.41) is 5.96. The van der Waals surface area contributed by atoms with E-state index in [1.165, 1.54) is 18.0 Å². The second kappa shape index (κ2) is 8.80. The zero-order chi connectivity index (χ0) is 19.1. The van der Waals surface area contributed by atoms with E-state index in [-0.39, 0.29) is 11.6 Å². The summed E-state index contributed by atoms with van der Waals surface area (Å²) in [6.07, 6.45) is 3.95. The summed E-state index contributed by atoms with van der Waals surface area (Å²) < 4.78 is 5.41. The van der Waals surface area contributed by atoms with Crippen molar-refractivity contribution < 1.29 is 9.53 Å². The molecule has 1 heterocycles. The minimum Gasteiger partial charge on any atom is -0.494 e. The largest absolute Gasteiger partial charge is 0.494 e. The van der Waals surface area contributed by atoms with Crippen molar-refractivity contribution in [3.8, 4) is 5.75 Å². The summed E-state index contributed by atoms with van der Waals surface area (Å²) in [6.45, 7) is 4.66. The van der Waals surface area contributed by atoms with Gasteiger partial charge in [0.15, 0.2) is 0 Å². The van der Waals surface area contributed by atoms with Crippen molar-refractivity contribution in [3.63, 3.8) is 0 Å². The predicted molar refractivity (Wildman–Crippen MR) is 107 cm³/mol. The minimum atomic E-state index is -0.292. The maximum atomic E-state index is 12.3. The van der Waals surface area contributed by atoms with Gasteiger partial charge >= 0.3 is 0 Å². The molecule has 0 saturated heterocycles. The van der Waals surface area contributed by atoms with Crippen molar-refractivity contribution >= 4 is 23.1 Å². The Balaban J connectivity index is 1.61. The number of amides is 1. The highest BCUT2D eigenvalue weighted by atomic mass is 16.5. The molecule has 0 radical (unpaired) electrons. The highest BCUT2D eigenvalue weighted by Gasteiger charge is 2.09. The van der Waals surface area contributed by atoms with Crippen molar-refractivity contribution in [2.75, 3.05) is 17.2 Å². The van der Waals surface area contributed by atoms with E-state index in [1.807, 2.05) is 55.5 Å². The summed E-state index contributed by atoms with van der Waals surface area (Å²) in [5.74, 6) is 1.08. The summed E-state index contributed by atoms with van der Waals surface area (Å²) in [7, 11) is 0. The van der Waals surface area contributed by atoms with Crippen LogP contribution in [0.3, 0.4) is 0 Å². The van der Waals surface area contributed by atoms with Crippen LogP contribution in [0.2, 0.25) is 0 Å². The molecule has 1 amide bonds. The number of carbonyl (C=O) groups excluding carboxylic acids is 1. The van der Waals surface area contributed by atoms with Gasteiger partial charge in [-0.05, 0) is 55.3 Å². The molecule has 0 atom stereocenters. The van der Waals surface area contributed by atoms with Crippen LogP contribution in [0, 0.1) is 0 Å². The number of benzene rings is 2. The lowest BCUT2D eigenvalue weighted by Crippen LogP contribution is -2.14. The molecule has 2 N–H and O–H groups in total. The van der Waals surface area contributed by atoms with Crippen LogP contribution in [0.25, 0.3) is 0 Å². The molecule has 0 saturated carbocycles. The van der Waals surface area contributed by atoms with Crippen molar-refractivity contribution in [2.24, 2.45) is 0 Å². The molecule has 0 bridgehead atoms. The summed E-state index contributed by atoms with van der Waals surface area (Å²) in [5.41, 5.74) is 3.07. The number of aryl methyl sites for hydroxylation is 1. The first-order valence-electron chi connectivity index (χ1n) is 8.90. The fourth-order valence-electron chi connectivity index (χ4n) is 2.48. The number of ether oxygens (including phenoxy) is 1. The van der Waals surface area contributed by atoms with Gasteiger partial charge in [-0.15, -0.1) is 0 Å². The molecule has 0 fully saturated rings. The van der Waals surface area contributed by atoms with E-state index in [9.17, 15) is 4.79 Å². The standard InChI is InChI=1S/C21H22N4O2/c1-3-15-5-7-17(8-6-15)25-21(26)19-13-23-20(14-22-19)24-16-9-11-18(12-10-16)27-4-2/h5-14H,3-4H2,1-2H3,(H,23,24)(H,25,26). The fourth-order valence-corrected chi connectivity index (χ4v) is 2.48. The van der Waals surface area contributed by atoms with Crippen molar-refractivity contribution in [3.05, 3.63) is 72.2 Å². The average molecular weight is 362 g/mol. The molecule has 3 rings (SSSR count). The second-order valence-electron chi connectivity index (χ2n) is 5.87. The van der Waals surface area contributed by atoms with Gasteiger partial charge in [0.25, 0.3) is 5.91 Å². The number of hydrogen-bond acceptors (Lipinski definition) is 5. The van der Waals surface area contributed by atoms with E-state index in [0.717, 1.165) is 23.5 Å². The highest BCUT2D eigenvalue weighted by molar-refractivity contribution is 6.02. The zero-order valence-corrected chi connectivity index (χ0v) is 15.4. The molecule has 0 aliphatic carbocycles. The maximum absolute atomic E-state index is 12.3. The van der Waals surface area contributed by atoms with Gasteiger partial charge in [0, 0.05) is 11.4 Å². The van der Waals surface area contributed by atoms with Crippen LogP contribution < -0.4 is 15.4 Å². The van der Waals surface area contributed by atoms with Crippen molar-refractivity contribution in [1.82, 2.24) is 9.97 Å². The predicted octanol–water partition coefficient (Wildman–Crippen LogP) is 4.43. The quantitative estimate of drug-likeness (QED) is 0.650.